The van der Waals surface area contributed by atoms with Crippen molar-refractivity contribution >= 4 is 15.9 Å². The zero-order chi connectivity index (χ0) is 15.3. The van der Waals surface area contributed by atoms with Gasteiger partial charge in [0.05, 0.1) is 10.8 Å². The number of amidine groups is 1. The van der Waals surface area contributed by atoms with Crippen LogP contribution in [0.15, 0.2) is 5.16 Å². The van der Waals surface area contributed by atoms with Gasteiger partial charge >= 0.3 is 0 Å². The lowest BCUT2D eigenvalue weighted by atomic mass is 9.90. The van der Waals surface area contributed by atoms with Gasteiger partial charge < -0.3 is 10.9 Å². The maximum Gasteiger partial charge on any atom is 0.215 e. The molecule has 0 heterocycles. The van der Waals surface area contributed by atoms with Gasteiger partial charge in [0.2, 0.25) is 10.0 Å². The average molecular weight is 317 g/mol. The largest absolute Gasteiger partial charge is 0.409 e. The highest BCUT2D eigenvalue weighted by Crippen LogP contribution is 2.31. The molecule has 0 amide bonds. The molecule has 0 aromatic heterocycles. The minimum Gasteiger partial charge on any atom is -0.409 e. The third-order valence-electron chi connectivity index (χ3n) is 4.88. The molecular weight excluding hydrogens is 290 g/mol. The summed E-state index contributed by atoms with van der Waals surface area (Å²) in [5, 5.41) is 11.9. The first-order chi connectivity index (χ1) is 10.0. The van der Waals surface area contributed by atoms with Crippen LogP contribution in [0.2, 0.25) is 0 Å². The van der Waals surface area contributed by atoms with Gasteiger partial charge in [-0.1, -0.05) is 50.1 Å². The number of nitrogens with two attached hydrogens (primary N) is 1. The molecular formula is C14H27N3O3S. The van der Waals surface area contributed by atoms with Crippen LogP contribution in [0.3, 0.4) is 0 Å². The standard InChI is InChI=1S/C14H27N3O3S/c15-13(16-18)14(10-6-1-2-7-11-14)17-21(19,20)12-8-4-3-5-9-12/h12,17-18H,1-11H2,(H2,15,16). The molecule has 0 saturated heterocycles. The van der Waals surface area contributed by atoms with Crippen molar-refractivity contribution in [3.05, 3.63) is 0 Å². The van der Waals surface area contributed by atoms with E-state index in [1.54, 1.807) is 0 Å². The topological polar surface area (TPSA) is 105 Å². The molecule has 122 valence electrons. The van der Waals surface area contributed by atoms with Crippen LogP contribution in [-0.4, -0.2) is 30.2 Å². The molecule has 2 aliphatic rings. The molecule has 0 aromatic carbocycles. The lowest BCUT2D eigenvalue weighted by molar-refractivity contribution is 0.305. The molecule has 0 spiro atoms. The summed E-state index contributed by atoms with van der Waals surface area (Å²) in [6.07, 6.45) is 9.57. The summed E-state index contributed by atoms with van der Waals surface area (Å²) in [4.78, 5) is 0. The zero-order valence-corrected chi connectivity index (χ0v) is 13.4. The van der Waals surface area contributed by atoms with E-state index in [-0.39, 0.29) is 11.1 Å². The molecule has 6 nitrogen and oxygen atoms in total. The Morgan fingerprint density at radius 2 is 1.57 bits per heavy atom. The SMILES string of the molecule is N/C(=N/O)C1(NS(=O)(=O)C2CCCCC2)CCCCCC1. The number of hydrogen-bond donors (Lipinski definition) is 3. The van der Waals surface area contributed by atoms with Gasteiger partial charge in [0.15, 0.2) is 5.84 Å². The first-order valence-corrected chi connectivity index (χ1v) is 9.56. The second-order valence-electron chi connectivity index (χ2n) is 6.39. The van der Waals surface area contributed by atoms with Crippen molar-refractivity contribution in [3.63, 3.8) is 0 Å². The highest BCUT2D eigenvalue weighted by Gasteiger charge is 2.41. The summed E-state index contributed by atoms with van der Waals surface area (Å²) < 4.78 is 28.2. The Hall–Kier alpha value is -0.820. The summed E-state index contributed by atoms with van der Waals surface area (Å²) in [6.45, 7) is 0. The van der Waals surface area contributed by atoms with E-state index in [2.05, 4.69) is 9.88 Å². The normalized spacial score (nSPS) is 25.4. The Balaban J connectivity index is 2.21. The van der Waals surface area contributed by atoms with Crippen LogP contribution in [0.5, 0.6) is 0 Å². The van der Waals surface area contributed by atoms with E-state index in [1.807, 2.05) is 0 Å². The third kappa shape index (κ3) is 3.88. The maximum atomic E-state index is 12.7. The monoisotopic (exact) mass is 317 g/mol. The van der Waals surface area contributed by atoms with Gasteiger partial charge in [-0.05, 0) is 25.7 Å². The fourth-order valence-corrected chi connectivity index (χ4v) is 5.54. The number of hydrogen-bond acceptors (Lipinski definition) is 4. The Bertz CT molecular complexity index is 462. The van der Waals surface area contributed by atoms with Crippen molar-refractivity contribution < 1.29 is 13.6 Å². The minimum absolute atomic E-state index is 0.00350. The molecule has 0 unspecified atom stereocenters. The fourth-order valence-electron chi connectivity index (χ4n) is 3.57. The Kier molecular flexibility index (Phi) is 5.48. The van der Waals surface area contributed by atoms with Gasteiger partial charge in [0.25, 0.3) is 0 Å². The van der Waals surface area contributed by atoms with Gasteiger partial charge in [-0.2, -0.15) is 0 Å². The van der Waals surface area contributed by atoms with Crippen LogP contribution in [0, 0.1) is 0 Å². The predicted octanol–water partition coefficient (Wildman–Crippen LogP) is 2.08. The van der Waals surface area contributed by atoms with Crippen LogP contribution in [0.1, 0.15) is 70.6 Å². The summed E-state index contributed by atoms with van der Waals surface area (Å²) in [5.74, 6) is 0.00350. The lowest BCUT2D eigenvalue weighted by Crippen LogP contribution is -2.59. The van der Waals surface area contributed by atoms with E-state index in [0.29, 0.717) is 25.7 Å². The number of nitrogens with one attached hydrogen (secondary N) is 1. The quantitative estimate of drug-likeness (QED) is 0.243. The number of oxime groups is 1. The molecule has 0 radical (unpaired) electrons. The second kappa shape index (κ2) is 6.96. The highest BCUT2D eigenvalue weighted by atomic mass is 32.2. The molecule has 0 aliphatic heterocycles. The smallest absolute Gasteiger partial charge is 0.215 e. The summed E-state index contributed by atoms with van der Waals surface area (Å²) >= 11 is 0. The molecule has 4 N–H and O–H groups in total. The van der Waals surface area contributed by atoms with E-state index < -0.39 is 15.6 Å². The molecule has 2 aliphatic carbocycles. The van der Waals surface area contributed by atoms with Gasteiger partial charge in [-0.15, -0.1) is 0 Å². The van der Waals surface area contributed by atoms with Gasteiger partial charge in [0.1, 0.15) is 0 Å². The molecule has 0 bridgehead atoms. The molecule has 21 heavy (non-hydrogen) atoms. The van der Waals surface area contributed by atoms with Crippen molar-refractivity contribution in [1.82, 2.24) is 4.72 Å². The summed E-state index contributed by atoms with van der Waals surface area (Å²) in [6, 6.07) is 0. The van der Waals surface area contributed by atoms with E-state index in [0.717, 1.165) is 44.9 Å². The molecule has 2 fully saturated rings. The molecule has 0 aromatic rings. The lowest BCUT2D eigenvalue weighted by Gasteiger charge is -2.34. The van der Waals surface area contributed by atoms with Gasteiger partial charge in [0, 0.05) is 0 Å². The number of rotatable bonds is 4. The Morgan fingerprint density at radius 3 is 2.10 bits per heavy atom. The second-order valence-corrected chi connectivity index (χ2v) is 8.35. The van der Waals surface area contributed by atoms with Gasteiger partial charge in [-0.25, -0.2) is 13.1 Å². The third-order valence-corrected chi connectivity index (χ3v) is 6.91. The maximum absolute atomic E-state index is 12.7. The Morgan fingerprint density at radius 1 is 1.05 bits per heavy atom. The molecule has 0 atom stereocenters. The fraction of sp³-hybridized carbons (Fsp3) is 0.929. The summed E-state index contributed by atoms with van der Waals surface area (Å²) in [7, 11) is -3.43. The molecule has 2 saturated carbocycles. The van der Waals surface area contributed by atoms with Gasteiger partial charge in [-0.3, -0.25) is 0 Å². The molecule has 2 rings (SSSR count). The van der Waals surface area contributed by atoms with Crippen LogP contribution < -0.4 is 10.5 Å². The minimum atomic E-state index is -3.43. The van der Waals surface area contributed by atoms with Crippen molar-refractivity contribution in [1.29, 1.82) is 0 Å². The summed E-state index contributed by atoms with van der Waals surface area (Å²) in [5.41, 5.74) is 4.96. The molecule has 7 heteroatoms. The predicted molar refractivity (Wildman–Crippen MR) is 82.8 cm³/mol. The van der Waals surface area contributed by atoms with Crippen LogP contribution in [-0.2, 0) is 10.0 Å². The Labute approximate surface area is 127 Å². The van der Waals surface area contributed by atoms with Crippen molar-refractivity contribution in [2.24, 2.45) is 10.9 Å². The van der Waals surface area contributed by atoms with Crippen molar-refractivity contribution in [3.8, 4) is 0 Å². The van der Waals surface area contributed by atoms with E-state index in [9.17, 15) is 8.42 Å². The van der Waals surface area contributed by atoms with Crippen molar-refractivity contribution in [2.75, 3.05) is 0 Å². The number of nitrogens with zero attached hydrogens (tertiary/aromatic N) is 1. The average Bonchev–Trinajstić information content (AvgIpc) is 2.73. The zero-order valence-electron chi connectivity index (χ0n) is 12.6. The van der Waals surface area contributed by atoms with E-state index in [1.165, 1.54) is 0 Å². The van der Waals surface area contributed by atoms with E-state index in [4.69, 9.17) is 10.9 Å². The van der Waals surface area contributed by atoms with Crippen LogP contribution in [0.4, 0.5) is 0 Å². The van der Waals surface area contributed by atoms with Crippen LogP contribution >= 0.6 is 0 Å². The van der Waals surface area contributed by atoms with Crippen molar-refractivity contribution in [2.45, 2.75) is 81.4 Å². The number of sulfonamides is 1. The van der Waals surface area contributed by atoms with Crippen LogP contribution in [0.25, 0.3) is 0 Å². The first-order valence-electron chi connectivity index (χ1n) is 8.01. The first kappa shape index (κ1) is 16.5. The van der Waals surface area contributed by atoms with E-state index >= 15 is 0 Å². The highest BCUT2D eigenvalue weighted by molar-refractivity contribution is 7.90.